The molecule has 0 spiro atoms. The van der Waals surface area contributed by atoms with Crippen molar-refractivity contribution in [2.75, 3.05) is 6.54 Å². The molecule has 0 aromatic rings. The number of rotatable bonds is 3. The van der Waals surface area contributed by atoms with Gasteiger partial charge in [0.2, 0.25) is 0 Å². The summed E-state index contributed by atoms with van der Waals surface area (Å²) >= 11 is 0. The summed E-state index contributed by atoms with van der Waals surface area (Å²) in [7, 11) is 0. The van der Waals surface area contributed by atoms with E-state index in [0.29, 0.717) is 6.04 Å². The lowest BCUT2D eigenvalue weighted by Gasteiger charge is -2.45. The fraction of sp³-hybridized carbons (Fsp3) is 1.00. The van der Waals surface area contributed by atoms with Crippen LogP contribution >= 0.6 is 0 Å². The van der Waals surface area contributed by atoms with E-state index in [0.717, 1.165) is 43.6 Å². The Bertz CT molecular complexity index is 266. The van der Waals surface area contributed by atoms with Crippen molar-refractivity contribution in [3.05, 3.63) is 0 Å². The normalized spacial score (nSPS) is 42.2. The molecule has 0 aromatic heterocycles. The van der Waals surface area contributed by atoms with Crippen molar-refractivity contribution in [1.29, 1.82) is 0 Å². The lowest BCUT2D eigenvalue weighted by atomic mass is 9.69. The summed E-state index contributed by atoms with van der Waals surface area (Å²) in [6, 6.07) is 0.344. The van der Waals surface area contributed by atoms with E-state index in [1.54, 1.807) is 0 Å². The third kappa shape index (κ3) is 3.48. The summed E-state index contributed by atoms with van der Waals surface area (Å²) < 4.78 is 0. The Kier molecular flexibility index (Phi) is 4.71. The number of hydrogen-bond acceptors (Lipinski definition) is 2. The highest BCUT2D eigenvalue weighted by atomic mass is 16.3. The Morgan fingerprint density at radius 2 is 2.11 bits per heavy atom. The summed E-state index contributed by atoms with van der Waals surface area (Å²) in [4.78, 5) is 0. The Morgan fingerprint density at radius 3 is 2.78 bits per heavy atom. The maximum absolute atomic E-state index is 11.0. The molecule has 2 rings (SSSR count). The van der Waals surface area contributed by atoms with Gasteiger partial charge < -0.3 is 10.4 Å². The van der Waals surface area contributed by atoms with Crippen molar-refractivity contribution in [2.45, 2.75) is 77.4 Å². The van der Waals surface area contributed by atoms with E-state index in [1.165, 1.54) is 25.7 Å². The van der Waals surface area contributed by atoms with Gasteiger partial charge in [0, 0.05) is 6.04 Å². The summed E-state index contributed by atoms with van der Waals surface area (Å²) in [5.74, 6) is 2.27. The zero-order chi connectivity index (χ0) is 13.2. The molecule has 1 heterocycles. The quantitative estimate of drug-likeness (QED) is 0.808. The van der Waals surface area contributed by atoms with Gasteiger partial charge in [0.1, 0.15) is 0 Å². The van der Waals surface area contributed by atoms with Gasteiger partial charge in [-0.2, -0.15) is 0 Å². The molecule has 4 atom stereocenters. The second-order valence-electron chi connectivity index (χ2n) is 7.33. The third-order valence-electron chi connectivity index (χ3n) is 4.98. The van der Waals surface area contributed by atoms with Gasteiger partial charge in [0.25, 0.3) is 0 Å². The zero-order valence-electron chi connectivity index (χ0n) is 12.4. The van der Waals surface area contributed by atoms with Crippen molar-refractivity contribution in [2.24, 2.45) is 17.8 Å². The topological polar surface area (TPSA) is 32.3 Å². The van der Waals surface area contributed by atoms with Gasteiger partial charge in [-0.05, 0) is 56.4 Å². The molecule has 0 bridgehead atoms. The van der Waals surface area contributed by atoms with Gasteiger partial charge in [-0.1, -0.05) is 33.6 Å². The molecule has 4 unspecified atom stereocenters. The lowest BCUT2D eigenvalue weighted by Crippen LogP contribution is -2.56. The summed E-state index contributed by atoms with van der Waals surface area (Å²) in [6.07, 6.45) is 8.27. The minimum Gasteiger partial charge on any atom is -0.388 e. The molecule has 18 heavy (non-hydrogen) atoms. The van der Waals surface area contributed by atoms with Crippen LogP contribution in [0.3, 0.4) is 0 Å². The van der Waals surface area contributed by atoms with Crippen LogP contribution in [0, 0.1) is 17.8 Å². The molecule has 0 radical (unpaired) electrons. The van der Waals surface area contributed by atoms with Crippen LogP contribution in [0.15, 0.2) is 0 Å². The van der Waals surface area contributed by atoms with Crippen LogP contribution in [0.25, 0.3) is 0 Å². The van der Waals surface area contributed by atoms with E-state index in [2.05, 4.69) is 26.1 Å². The monoisotopic (exact) mass is 253 g/mol. The van der Waals surface area contributed by atoms with Crippen molar-refractivity contribution < 1.29 is 5.11 Å². The Balaban J connectivity index is 1.96. The molecule has 1 saturated carbocycles. The van der Waals surface area contributed by atoms with E-state index in [9.17, 15) is 5.11 Å². The molecule has 2 aliphatic rings. The fourth-order valence-corrected chi connectivity index (χ4v) is 4.10. The highest BCUT2D eigenvalue weighted by Gasteiger charge is 2.42. The minimum atomic E-state index is -0.424. The van der Waals surface area contributed by atoms with E-state index in [4.69, 9.17) is 0 Å². The van der Waals surface area contributed by atoms with Crippen LogP contribution in [0.2, 0.25) is 0 Å². The van der Waals surface area contributed by atoms with E-state index in [-0.39, 0.29) is 0 Å². The van der Waals surface area contributed by atoms with Gasteiger partial charge in [0.15, 0.2) is 0 Å². The highest BCUT2D eigenvalue weighted by molar-refractivity contribution is 4.98. The molecular weight excluding hydrogens is 222 g/mol. The molecule has 106 valence electrons. The van der Waals surface area contributed by atoms with Crippen LogP contribution in [-0.4, -0.2) is 23.3 Å². The van der Waals surface area contributed by atoms with Gasteiger partial charge >= 0.3 is 0 Å². The zero-order valence-corrected chi connectivity index (χ0v) is 12.4. The smallest absolute Gasteiger partial charge is 0.0802 e. The Hall–Kier alpha value is -0.0800. The Morgan fingerprint density at radius 1 is 1.33 bits per heavy atom. The van der Waals surface area contributed by atoms with Gasteiger partial charge in [-0.3, -0.25) is 0 Å². The average Bonchev–Trinajstić information content (AvgIpc) is 2.28. The van der Waals surface area contributed by atoms with E-state index >= 15 is 0 Å². The van der Waals surface area contributed by atoms with Crippen LogP contribution in [0.4, 0.5) is 0 Å². The molecule has 2 fully saturated rings. The molecular formula is C16H31NO. The molecule has 1 saturated heterocycles. The first-order chi connectivity index (χ1) is 8.49. The molecule has 1 aliphatic heterocycles. The molecule has 2 nitrogen and oxygen atoms in total. The van der Waals surface area contributed by atoms with Crippen molar-refractivity contribution in [3.8, 4) is 0 Å². The number of nitrogens with one attached hydrogen (secondary N) is 1. The van der Waals surface area contributed by atoms with E-state index < -0.39 is 5.60 Å². The number of piperidine rings is 1. The predicted molar refractivity (Wildman–Crippen MR) is 76.6 cm³/mol. The molecule has 0 aromatic carbocycles. The second kappa shape index (κ2) is 5.92. The molecule has 1 aliphatic carbocycles. The van der Waals surface area contributed by atoms with Crippen LogP contribution in [0.5, 0.6) is 0 Å². The maximum Gasteiger partial charge on any atom is 0.0802 e. The van der Waals surface area contributed by atoms with Crippen molar-refractivity contribution in [3.63, 3.8) is 0 Å². The number of hydrogen-bond donors (Lipinski definition) is 2. The largest absolute Gasteiger partial charge is 0.388 e. The summed E-state index contributed by atoms with van der Waals surface area (Å²) in [6.45, 7) is 8.01. The lowest BCUT2D eigenvalue weighted by molar-refractivity contribution is -0.0605. The first kappa shape index (κ1) is 14.3. The van der Waals surface area contributed by atoms with E-state index in [1.807, 2.05) is 0 Å². The molecule has 2 heteroatoms. The maximum atomic E-state index is 11.0. The van der Waals surface area contributed by atoms with Crippen molar-refractivity contribution >= 4 is 0 Å². The highest BCUT2D eigenvalue weighted by Crippen LogP contribution is 2.40. The first-order valence-corrected chi connectivity index (χ1v) is 7.95. The van der Waals surface area contributed by atoms with Crippen LogP contribution in [-0.2, 0) is 0 Å². The van der Waals surface area contributed by atoms with Gasteiger partial charge in [0.05, 0.1) is 5.60 Å². The standard InChI is InChI=1S/C16H31NO/c1-12(2)9-14-5-4-7-16(18,11-14)15-10-13(3)6-8-17-15/h12-15,17-18H,4-11H2,1-3H3. The predicted octanol–water partition coefficient (Wildman–Crippen LogP) is 3.34. The Labute approximate surface area is 113 Å². The third-order valence-corrected chi connectivity index (χ3v) is 4.98. The van der Waals surface area contributed by atoms with Gasteiger partial charge in [-0.25, -0.2) is 0 Å². The summed E-state index contributed by atoms with van der Waals surface area (Å²) in [5, 5.41) is 14.6. The van der Waals surface area contributed by atoms with Crippen molar-refractivity contribution in [1.82, 2.24) is 5.32 Å². The molecule has 2 N–H and O–H groups in total. The second-order valence-corrected chi connectivity index (χ2v) is 7.33. The minimum absolute atomic E-state index is 0.344. The average molecular weight is 253 g/mol. The van der Waals surface area contributed by atoms with Crippen LogP contribution < -0.4 is 5.32 Å². The fourth-order valence-electron chi connectivity index (χ4n) is 4.10. The van der Waals surface area contributed by atoms with Gasteiger partial charge in [-0.15, -0.1) is 0 Å². The summed E-state index contributed by atoms with van der Waals surface area (Å²) in [5.41, 5.74) is -0.424. The molecule has 0 amide bonds. The first-order valence-electron chi connectivity index (χ1n) is 7.95. The number of aliphatic hydroxyl groups is 1. The van der Waals surface area contributed by atoms with Crippen LogP contribution in [0.1, 0.15) is 65.7 Å². The SMILES string of the molecule is CC(C)CC1CCCC(O)(C2CC(C)CCN2)C1.